The first-order chi connectivity index (χ1) is 14.2. The third-order valence-electron chi connectivity index (χ3n) is 4.78. The molecule has 7 nitrogen and oxygen atoms in total. The van der Waals surface area contributed by atoms with E-state index in [0.717, 1.165) is 25.1 Å². The molecule has 1 aromatic heterocycles. The van der Waals surface area contributed by atoms with Crippen LogP contribution in [0, 0.1) is 0 Å². The van der Waals surface area contributed by atoms with Crippen molar-refractivity contribution in [2.24, 2.45) is 0 Å². The zero-order valence-electron chi connectivity index (χ0n) is 16.3. The Morgan fingerprint density at radius 2 is 1.86 bits per heavy atom. The number of para-hydroxylation sites is 1. The Kier molecular flexibility index (Phi) is 5.71. The van der Waals surface area contributed by atoms with Crippen molar-refractivity contribution in [2.75, 3.05) is 31.4 Å². The average Bonchev–Trinajstić information content (AvgIpc) is 3.25. The first-order valence-electron chi connectivity index (χ1n) is 9.27. The van der Waals surface area contributed by atoms with Crippen molar-refractivity contribution in [2.45, 2.75) is 18.1 Å². The van der Waals surface area contributed by atoms with E-state index in [-0.39, 0.29) is 17.6 Å². The second kappa shape index (κ2) is 8.57. The van der Waals surface area contributed by atoms with Crippen molar-refractivity contribution in [3.05, 3.63) is 48.0 Å². The molecule has 2 aromatic carbocycles. The minimum Gasteiger partial charge on any atom is -0.496 e. The Bertz CT molecular complexity index is 998. The van der Waals surface area contributed by atoms with Crippen LogP contribution in [-0.2, 0) is 11.2 Å². The van der Waals surface area contributed by atoms with Crippen LogP contribution in [0.4, 0.5) is 5.69 Å². The van der Waals surface area contributed by atoms with Gasteiger partial charge in [0.1, 0.15) is 17.1 Å². The maximum atomic E-state index is 12.8. The van der Waals surface area contributed by atoms with Gasteiger partial charge in [0.15, 0.2) is 0 Å². The Balaban J connectivity index is 1.48. The molecule has 0 aliphatic carbocycles. The molecule has 0 bridgehead atoms. The van der Waals surface area contributed by atoms with Crippen molar-refractivity contribution >= 4 is 23.4 Å². The van der Waals surface area contributed by atoms with E-state index in [0.29, 0.717) is 22.3 Å². The molecule has 1 aliphatic heterocycles. The predicted octanol–water partition coefficient (Wildman–Crippen LogP) is 3.83. The first kappa shape index (κ1) is 19.3. The smallest absolute Gasteiger partial charge is 0.277 e. The van der Waals surface area contributed by atoms with Crippen LogP contribution >= 0.6 is 11.8 Å². The summed E-state index contributed by atoms with van der Waals surface area (Å²) in [6.07, 6.45) is 1.96. The van der Waals surface area contributed by atoms with Gasteiger partial charge in [-0.05, 0) is 36.6 Å². The highest BCUT2D eigenvalue weighted by Crippen LogP contribution is 2.38. The summed E-state index contributed by atoms with van der Waals surface area (Å²) in [5.41, 5.74) is 2.79. The van der Waals surface area contributed by atoms with Crippen molar-refractivity contribution in [1.29, 1.82) is 0 Å². The number of anilines is 1. The van der Waals surface area contributed by atoms with Crippen molar-refractivity contribution in [3.63, 3.8) is 0 Å². The van der Waals surface area contributed by atoms with Crippen LogP contribution in [0.3, 0.4) is 0 Å². The van der Waals surface area contributed by atoms with Gasteiger partial charge in [-0.1, -0.05) is 36.0 Å². The normalized spacial score (nSPS) is 13.1. The summed E-state index contributed by atoms with van der Waals surface area (Å²) >= 11 is 1.23. The van der Waals surface area contributed by atoms with Gasteiger partial charge in [0.2, 0.25) is 5.91 Å². The lowest BCUT2D eigenvalue weighted by atomic mass is 10.0. The highest BCUT2D eigenvalue weighted by atomic mass is 32.2. The molecule has 2 heterocycles. The number of hydrogen-bond acceptors (Lipinski definition) is 7. The van der Waals surface area contributed by atoms with E-state index in [9.17, 15) is 4.79 Å². The fraction of sp³-hybridized carbons (Fsp3) is 0.286. The summed E-state index contributed by atoms with van der Waals surface area (Å²) in [4.78, 5) is 14.6. The van der Waals surface area contributed by atoms with E-state index in [4.69, 9.17) is 13.9 Å². The van der Waals surface area contributed by atoms with E-state index in [2.05, 4.69) is 16.3 Å². The minimum absolute atomic E-state index is 0.0248. The summed E-state index contributed by atoms with van der Waals surface area (Å²) in [7, 11) is 3.14. The van der Waals surface area contributed by atoms with E-state index < -0.39 is 0 Å². The van der Waals surface area contributed by atoms with Crippen LogP contribution in [0.15, 0.2) is 52.1 Å². The number of methoxy groups -OCH3 is 2. The molecule has 3 aromatic rings. The quantitative estimate of drug-likeness (QED) is 0.571. The van der Waals surface area contributed by atoms with Crippen LogP contribution in [0.25, 0.3) is 11.5 Å². The zero-order valence-corrected chi connectivity index (χ0v) is 17.1. The number of ether oxygens (including phenoxy) is 2. The molecule has 0 atom stereocenters. The topological polar surface area (TPSA) is 77.7 Å². The summed E-state index contributed by atoms with van der Waals surface area (Å²) in [5.74, 6) is 1.68. The van der Waals surface area contributed by atoms with Gasteiger partial charge in [0, 0.05) is 12.2 Å². The molecule has 0 fully saturated rings. The molecule has 0 unspecified atom stereocenters. The Hall–Kier alpha value is -3.00. The van der Waals surface area contributed by atoms with Crippen LogP contribution in [0.2, 0.25) is 0 Å². The van der Waals surface area contributed by atoms with Gasteiger partial charge in [-0.15, -0.1) is 10.2 Å². The Labute approximate surface area is 173 Å². The second-order valence-corrected chi connectivity index (χ2v) is 7.40. The number of hydrogen-bond donors (Lipinski definition) is 0. The van der Waals surface area contributed by atoms with E-state index in [1.807, 2.05) is 29.2 Å². The minimum atomic E-state index is 0.0248. The molecule has 29 heavy (non-hydrogen) atoms. The number of rotatable bonds is 6. The molecule has 1 amide bonds. The molecule has 4 rings (SSSR count). The lowest BCUT2D eigenvalue weighted by Gasteiger charge is -2.29. The van der Waals surface area contributed by atoms with Crippen LogP contribution in [-0.4, -0.2) is 42.6 Å². The number of benzene rings is 2. The lowest BCUT2D eigenvalue weighted by molar-refractivity contribution is -0.116. The zero-order chi connectivity index (χ0) is 20.2. The van der Waals surface area contributed by atoms with Gasteiger partial charge in [-0.25, -0.2) is 0 Å². The molecule has 0 saturated carbocycles. The summed E-state index contributed by atoms with van der Waals surface area (Å²) in [6.45, 7) is 0.726. The largest absolute Gasteiger partial charge is 0.496 e. The van der Waals surface area contributed by atoms with Gasteiger partial charge < -0.3 is 18.8 Å². The monoisotopic (exact) mass is 411 g/mol. The maximum absolute atomic E-state index is 12.8. The average molecular weight is 411 g/mol. The third-order valence-corrected chi connectivity index (χ3v) is 5.58. The molecule has 0 radical (unpaired) electrons. The van der Waals surface area contributed by atoms with Crippen molar-refractivity contribution < 1.29 is 18.7 Å². The van der Waals surface area contributed by atoms with E-state index in [1.165, 1.54) is 17.3 Å². The van der Waals surface area contributed by atoms with Crippen molar-refractivity contribution in [1.82, 2.24) is 10.2 Å². The number of thioether (sulfide) groups is 1. The molecule has 0 spiro atoms. The SMILES string of the molecule is COc1cccc(OC)c1-c1nnc(SCC(=O)N2CCCc3ccccc32)o1. The molecule has 0 saturated heterocycles. The molecular formula is C21H21N3O4S. The number of aryl methyl sites for hydroxylation is 1. The van der Waals surface area contributed by atoms with Gasteiger partial charge in [0.25, 0.3) is 11.1 Å². The fourth-order valence-corrected chi connectivity index (χ4v) is 4.06. The van der Waals surface area contributed by atoms with Gasteiger partial charge >= 0.3 is 0 Å². The highest BCUT2D eigenvalue weighted by Gasteiger charge is 2.24. The molecule has 1 aliphatic rings. The molecule has 8 heteroatoms. The molecule has 0 N–H and O–H groups in total. The predicted molar refractivity (Wildman–Crippen MR) is 111 cm³/mol. The summed E-state index contributed by atoms with van der Waals surface area (Å²) in [5, 5.41) is 8.50. The van der Waals surface area contributed by atoms with Gasteiger partial charge in [-0.3, -0.25) is 4.79 Å². The molecule has 150 valence electrons. The summed E-state index contributed by atoms with van der Waals surface area (Å²) in [6, 6.07) is 13.5. The lowest BCUT2D eigenvalue weighted by Crippen LogP contribution is -2.36. The van der Waals surface area contributed by atoms with E-state index >= 15 is 0 Å². The standard InChI is InChI=1S/C21H21N3O4S/c1-26-16-10-5-11-17(27-2)19(16)20-22-23-21(28-20)29-13-18(25)24-12-6-8-14-7-3-4-9-15(14)24/h3-5,7,9-11H,6,8,12-13H2,1-2H3. The number of aromatic nitrogens is 2. The molecular weight excluding hydrogens is 390 g/mol. The second-order valence-electron chi connectivity index (χ2n) is 6.48. The van der Waals surface area contributed by atoms with Crippen LogP contribution in [0.5, 0.6) is 11.5 Å². The fourth-order valence-electron chi connectivity index (χ4n) is 3.43. The number of fused-ring (bicyclic) bond motifs is 1. The van der Waals surface area contributed by atoms with E-state index in [1.54, 1.807) is 26.4 Å². The van der Waals surface area contributed by atoms with Crippen molar-refractivity contribution in [3.8, 4) is 23.0 Å². The highest BCUT2D eigenvalue weighted by molar-refractivity contribution is 7.99. The number of amides is 1. The third kappa shape index (κ3) is 3.93. The van der Waals surface area contributed by atoms with Gasteiger partial charge in [0.05, 0.1) is 20.0 Å². The number of carbonyl (C=O) groups is 1. The van der Waals surface area contributed by atoms with Crippen LogP contribution in [0.1, 0.15) is 12.0 Å². The number of carbonyl (C=O) groups excluding carboxylic acids is 1. The Morgan fingerprint density at radius 1 is 1.10 bits per heavy atom. The first-order valence-corrected chi connectivity index (χ1v) is 10.3. The van der Waals surface area contributed by atoms with Gasteiger partial charge in [-0.2, -0.15) is 0 Å². The number of nitrogens with zero attached hydrogens (tertiary/aromatic N) is 3. The maximum Gasteiger partial charge on any atom is 0.277 e. The Morgan fingerprint density at radius 3 is 2.62 bits per heavy atom. The summed E-state index contributed by atoms with van der Waals surface area (Å²) < 4.78 is 16.5. The van der Waals surface area contributed by atoms with Crippen LogP contribution < -0.4 is 14.4 Å².